The van der Waals surface area contributed by atoms with Gasteiger partial charge in [-0.25, -0.2) is 0 Å². The molecule has 0 aromatic carbocycles. The summed E-state index contributed by atoms with van der Waals surface area (Å²) in [5.41, 5.74) is 5.22. The van der Waals surface area contributed by atoms with Crippen molar-refractivity contribution >= 4 is 11.8 Å². The number of nitrogens with two attached hydrogens (primary N) is 1. The molecule has 0 aliphatic heterocycles. The van der Waals surface area contributed by atoms with Gasteiger partial charge in [-0.15, -0.1) is 0 Å². The van der Waals surface area contributed by atoms with Gasteiger partial charge in [0.1, 0.15) is 0 Å². The lowest BCUT2D eigenvalue weighted by molar-refractivity contribution is -0.130. The Hall–Kier alpha value is -1.10. The molecule has 0 bridgehead atoms. The minimum atomic E-state index is -0.0626. The summed E-state index contributed by atoms with van der Waals surface area (Å²) >= 11 is 0. The largest absolute Gasteiger partial charge is 0.359 e. The number of hydrogen-bond donors (Lipinski definition) is 2. The Balaban J connectivity index is 3.67. The van der Waals surface area contributed by atoms with Crippen LogP contribution in [0.2, 0.25) is 0 Å². The molecular formula is C8H17N3O2. The van der Waals surface area contributed by atoms with Gasteiger partial charge in [0.05, 0.1) is 0 Å². The highest BCUT2D eigenvalue weighted by molar-refractivity contribution is 5.78. The summed E-state index contributed by atoms with van der Waals surface area (Å²) in [5.74, 6) is -0.0844. The van der Waals surface area contributed by atoms with Crippen molar-refractivity contribution < 1.29 is 9.59 Å². The quantitative estimate of drug-likeness (QED) is 0.575. The predicted octanol–water partition coefficient (Wildman–Crippen LogP) is -1.07. The van der Waals surface area contributed by atoms with Gasteiger partial charge >= 0.3 is 0 Å². The van der Waals surface area contributed by atoms with Crippen molar-refractivity contribution in [1.29, 1.82) is 0 Å². The molecule has 13 heavy (non-hydrogen) atoms. The zero-order valence-electron chi connectivity index (χ0n) is 8.17. The number of rotatable bonds is 5. The molecule has 2 amide bonds. The number of nitrogens with one attached hydrogen (secondary N) is 1. The number of carbonyl (C=O) groups excluding carboxylic acids is 2. The fourth-order valence-corrected chi connectivity index (χ4v) is 0.833. The van der Waals surface area contributed by atoms with Crippen LogP contribution in [-0.4, -0.2) is 43.9 Å². The van der Waals surface area contributed by atoms with Gasteiger partial charge in [-0.2, -0.15) is 0 Å². The van der Waals surface area contributed by atoms with E-state index < -0.39 is 0 Å². The lowest BCUT2D eigenvalue weighted by Crippen LogP contribution is -2.32. The highest BCUT2D eigenvalue weighted by Crippen LogP contribution is 1.91. The van der Waals surface area contributed by atoms with E-state index in [1.165, 1.54) is 4.90 Å². The molecule has 0 radical (unpaired) electrons. The van der Waals surface area contributed by atoms with E-state index in [0.29, 0.717) is 25.9 Å². The lowest BCUT2D eigenvalue weighted by atomic mass is 10.3. The van der Waals surface area contributed by atoms with Crippen LogP contribution < -0.4 is 11.1 Å². The highest BCUT2D eigenvalue weighted by atomic mass is 16.2. The first-order chi connectivity index (χ1) is 6.11. The van der Waals surface area contributed by atoms with E-state index in [1.54, 1.807) is 14.1 Å². The first-order valence-corrected chi connectivity index (χ1v) is 4.26. The van der Waals surface area contributed by atoms with E-state index in [1.807, 2.05) is 0 Å². The van der Waals surface area contributed by atoms with E-state index in [-0.39, 0.29) is 11.8 Å². The van der Waals surface area contributed by atoms with Crippen molar-refractivity contribution in [2.24, 2.45) is 5.73 Å². The van der Waals surface area contributed by atoms with Crippen molar-refractivity contribution in [3.8, 4) is 0 Å². The third kappa shape index (κ3) is 5.19. The maximum absolute atomic E-state index is 11.2. The molecule has 5 heteroatoms. The Morgan fingerprint density at radius 2 is 2.00 bits per heavy atom. The van der Waals surface area contributed by atoms with Gasteiger partial charge in [0.2, 0.25) is 11.8 Å². The molecular weight excluding hydrogens is 170 g/mol. The first kappa shape index (κ1) is 11.9. The number of nitrogens with zero attached hydrogens (tertiary/aromatic N) is 1. The van der Waals surface area contributed by atoms with Crippen LogP contribution in [0.1, 0.15) is 12.8 Å². The van der Waals surface area contributed by atoms with Crippen molar-refractivity contribution in [3.05, 3.63) is 0 Å². The summed E-state index contributed by atoms with van der Waals surface area (Å²) in [6.45, 7) is 0.793. The monoisotopic (exact) mass is 187 g/mol. The fraction of sp³-hybridized carbons (Fsp3) is 0.750. The molecule has 0 aliphatic rings. The number of carbonyl (C=O) groups is 2. The number of hydrogen-bond acceptors (Lipinski definition) is 3. The molecule has 0 aliphatic carbocycles. The third-order valence-corrected chi connectivity index (χ3v) is 1.74. The average Bonchev–Trinajstić information content (AvgIpc) is 2.13. The first-order valence-electron chi connectivity index (χ1n) is 4.26. The van der Waals surface area contributed by atoms with Crippen LogP contribution in [0, 0.1) is 0 Å². The molecule has 0 aromatic heterocycles. The standard InChI is InChI=1S/C8H17N3O2/c1-10-7(12)4-6-11(2)8(13)3-5-9/h3-6,9H2,1-2H3,(H,10,12). The molecule has 0 fully saturated rings. The van der Waals surface area contributed by atoms with Crippen LogP contribution in [0.3, 0.4) is 0 Å². The zero-order valence-corrected chi connectivity index (χ0v) is 8.17. The van der Waals surface area contributed by atoms with Gasteiger partial charge in [0.15, 0.2) is 0 Å². The van der Waals surface area contributed by atoms with Crippen molar-refractivity contribution in [2.45, 2.75) is 12.8 Å². The molecule has 5 nitrogen and oxygen atoms in total. The van der Waals surface area contributed by atoms with Crippen LogP contribution in [0.15, 0.2) is 0 Å². The summed E-state index contributed by atoms with van der Waals surface area (Å²) < 4.78 is 0. The number of amides is 2. The Labute approximate surface area is 78.3 Å². The molecule has 0 saturated carbocycles. The second-order valence-electron chi connectivity index (χ2n) is 2.78. The molecule has 0 heterocycles. The van der Waals surface area contributed by atoms with E-state index in [2.05, 4.69) is 5.32 Å². The van der Waals surface area contributed by atoms with E-state index in [0.717, 1.165) is 0 Å². The van der Waals surface area contributed by atoms with Gasteiger partial charge in [-0.1, -0.05) is 0 Å². The molecule has 0 unspecified atom stereocenters. The lowest BCUT2D eigenvalue weighted by Gasteiger charge is -2.15. The van der Waals surface area contributed by atoms with Gasteiger partial charge in [-0.3, -0.25) is 9.59 Å². The van der Waals surface area contributed by atoms with Gasteiger partial charge in [0, 0.05) is 40.0 Å². The summed E-state index contributed by atoms with van der Waals surface area (Å²) in [5, 5.41) is 2.49. The smallest absolute Gasteiger partial charge is 0.223 e. The van der Waals surface area contributed by atoms with Crippen LogP contribution in [0.5, 0.6) is 0 Å². The molecule has 0 spiro atoms. The Bertz CT molecular complexity index is 182. The zero-order chi connectivity index (χ0) is 10.3. The van der Waals surface area contributed by atoms with Crippen molar-refractivity contribution in [1.82, 2.24) is 10.2 Å². The summed E-state index contributed by atoms with van der Waals surface area (Å²) in [6.07, 6.45) is 0.674. The second kappa shape index (κ2) is 6.42. The maximum Gasteiger partial charge on any atom is 0.223 e. The van der Waals surface area contributed by atoms with Crippen LogP contribution in [0.25, 0.3) is 0 Å². The molecule has 76 valence electrons. The van der Waals surface area contributed by atoms with Crippen molar-refractivity contribution in [3.63, 3.8) is 0 Å². The SMILES string of the molecule is CNC(=O)CCN(C)C(=O)CCN. The average molecular weight is 187 g/mol. The van der Waals surface area contributed by atoms with E-state index in [4.69, 9.17) is 5.73 Å². The van der Waals surface area contributed by atoms with Gasteiger partial charge < -0.3 is 16.0 Å². The topological polar surface area (TPSA) is 75.4 Å². The minimum absolute atomic E-state index is 0.0218. The maximum atomic E-state index is 11.2. The summed E-state index contributed by atoms with van der Waals surface area (Å²) in [7, 11) is 3.24. The van der Waals surface area contributed by atoms with Gasteiger partial charge in [-0.05, 0) is 0 Å². The fourth-order valence-electron chi connectivity index (χ4n) is 0.833. The van der Waals surface area contributed by atoms with Crippen LogP contribution in [-0.2, 0) is 9.59 Å². The van der Waals surface area contributed by atoms with Crippen molar-refractivity contribution in [2.75, 3.05) is 27.2 Å². The Morgan fingerprint density at radius 1 is 1.38 bits per heavy atom. The Kier molecular flexibility index (Phi) is 5.88. The molecule has 0 rings (SSSR count). The van der Waals surface area contributed by atoms with Crippen LogP contribution >= 0.6 is 0 Å². The minimum Gasteiger partial charge on any atom is -0.359 e. The predicted molar refractivity (Wildman–Crippen MR) is 50.0 cm³/mol. The highest BCUT2D eigenvalue weighted by Gasteiger charge is 2.08. The van der Waals surface area contributed by atoms with Crippen LogP contribution in [0.4, 0.5) is 0 Å². The van der Waals surface area contributed by atoms with E-state index >= 15 is 0 Å². The summed E-state index contributed by atoms with van der Waals surface area (Å²) in [4.78, 5) is 23.5. The molecule has 0 atom stereocenters. The third-order valence-electron chi connectivity index (χ3n) is 1.74. The van der Waals surface area contributed by atoms with E-state index in [9.17, 15) is 9.59 Å². The molecule has 3 N–H and O–H groups in total. The second-order valence-corrected chi connectivity index (χ2v) is 2.78. The normalized spacial score (nSPS) is 9.46. The molecule has 0 saturated heterocycles. The summed E-state index contributed by atoms with van der Waals surface area (Å²) in [6, 6.07) is 0. The molecule has 0 aromatic rings. The van der Waals surface area contributed by atoms with Gasteiger partial charge in [0.25, 0.3) is 0 Å². The Morgan fingerprint density at radius 3 is 2.46 bits per heavy atom.